The Morgan fingerprint density at radius 3 is 2.48 bits per heavy atom. The van der Waals surface area contributed by atoms with E-state index in [1.165, 1.54) is 5.56 Å². The van der Waals surface area contributed by atoms with E-state index in [4.69, 9.17) is 9.47 Å². The Kier molecular flexibility index (Phi) is 5.61. The standard InChI is InChI=1S/C19H26N2O2/c1-13-11-20-17(14(2)19(13)23-6)12-21(4)15(3)16-9-7-8-10-18(16)22-5/h7-11,15H,12H2,1-6H3/t15-/m0/s1. The van der Waals surface area contributed by atoms with Gasteiger partial charge in [-0.2, -0.15) is 0 Å². The van der Waals surface area contributed by atoms with Gasteiger partial charge in [0.05, 0.1) is 19.9 Å². The predicted octanol–water partition coefficient (Wildman–Crippen LogP) is 3.91. The van der Waals surface area contributed by atoms with Crippen LogP contribution in [0.5, 0.6) is 11.5 Å². The lowest BCUT2D eigenvalue weighted by Gasteiger charge is -2.27. The van der Waals surface area contributed by atoms with Crippen LogP contribution in [0.2, 0.25) is 0 Å². The zero-order chi connectivity index (χ0) is 17.0. The molecule has 2 aromatic rings. The summed E-state index contributed by atoms with van der Waals surface area (Å²) in [5.74, 6) is 1.84. The molecule has 0 aliphatic rings. The number of hydrogen-bond donors (Lipinski definition) is 0. The average Bonchev–Trinajstić information content (AvgIpc) is 2.57. The van der Waals surface area contributed by atoms with Gasteiger partial charge in [0.1, 0.15) is 11.5 Å². The second kappa shape index (κ2) is 7.47. The third-order valence-corrected chi connectivity index (χ3v) is 4.40. The Morgan fingerprint density at radius 2 is 1.83 bits per heavy atom. The van der Waals surface area contributed by atoms with Crippen molar-refractivity contribution in [2.24, 2.45) is 0 Å². The van der Waals surface area contributed by atoms with Gasteiger partial charge >= 0.3 is 0 Å². The summed E-state index contributed by atoms with van der Waals surface area (Å²) in [6.07, 6.45) is 1.88. The molecule has 0 aliphatic carbocycles. The van der Waals surface area contributed by atoms with Crippen molar-refractivity contribution in [3.8, 4) is 11.5 Å². The van der Waals surface area contributed by atoms with Crippen molar-refractivity contribution in [3.05, 3.63) is 52.8 Å². The average molecular weight is 314 g/mol. The van der Waals surface area contributed by atoms with Gasteiger partial charge in [-0.1, -0.05) is 18.2 Å². The van der Waals surface area contributed by atoms with E-state index in [0.717, 1.165) is 34.9 Å². The normalized spacial score (nSPS) is 12.3. The van der Waals surface area contributed by atoms with Gasteiger partial charge in [0.25, 0.3) is 0 Å². The van der Waals surface area contributed by atoms with E-state index in [2.05, 4.69) is 36.8 Å². The third-order valence-electron chi connectivity index (χ3n) is 4.40. The Hall–Kier alpha value is -2.07. The molecule has 0 bridgehead atoms. The summed E-state index contributed by atoms with van der Waals surface area (Å²) in [6, 6.07) is 8.36. The van der Waals surface area contributed by atoms with Crippen LogP contribution in [0.1, 0.15) is 35.3 Å². The maximum absolute atomic E-state index is 5.50. The lowest BCUT2D eigenvalue weighted by atomic mass is 10.0. The lowest BCUT2D eigenvalue weighted by molar-refractivity contribution is 0.243. The van der Waals surface area contributed by atoms with Gasteiger partial charge in [-0.25, -0.2) is 0 Å². The van der Waals surface area contributed by atoms with Crippen LogP contribution in [0.4, 0.5) is 0 Å². The summed E-state index contributed by atoms with van der Waals surface area (Å²) >= 11 is 0. The van der Waals surface area contributed by atoms with Gasteiger partial charge < -0.3 is 9.47 Å². The summed E-state index contributed by atoms with van der Waals surface area (Å²) in [5.41, 5.74) is 4.38. The lowest BCUT2D eigenvalue weighted by Crippen LogP contribution is -2.23. The minimum atomic E-state index is 0.222. The number of pyridine rings is 1. The van der Waals surface area contributed by atoms with E-state index >= 15 is 0 Å². The molecule has 0 aliphatic heterocycles. The van der Waals surface area contributed by atoms with Crippen LogP contribution in [-0.4, -0.2) is 31.2 Å². The van der Waals surface area contributed by atoms with E-state index in [1.54, 1.807) is 14.2 Å². The van der Waals surface area contributed by atoms with Gasteiger partial charge in [-0.05, 0) is 33.9 Å². The summed E-state index contributed by atoms with van der Waals surface area (Å²) < 4.78 is 11.0. The molecule has 0 N–H and O–H groups in total. The number of hydrogen-bond acceptors (Lipinski definition) is 4. The molecule has 0 fully saturated rings. The molecule has 4 nitrogen and oxygen atoms in total. The molecule has 1 heterocycles. The largest absolute Gasteiger partial charge is 0.496 e. The Bertz CT molecular complexity index is 670. The maximum atomic E-state index is 5.50. The van der Waals surface area contributed by atoms with Crippen LogP contribution in [-0.2, 0) is 6.54 Å². The molecular formula is C19H26N2O2. The minimum absolute atomic E-state index is 0.222. The number of aromatic nitrogens is 1. The first-order valence-corrected chi connectivity index (χ1v) is 7.81. The molecule has 4 heteroatoms. The minimum Gasteiger partial charge on any atom is -0.496 e. The van der Waals surface area contributed by atoms with Crippen LogP contribution in [0, 0.1) is 13.8 Å². The van der Waals surface area contributed by atoms with Crippen molar-refractivity contribution in [2.45, 2.75) is 33.4 Å². The van der Waals surface area contributed by atoms with Gasteiger partial charge in [-0.15, -0.1) is 0 Å². The summed E-state index contributed by atoms with van der Waals surface area (Å²) in [4.78, 5) is 6.86. The number of ether oxygens (including phenoxy) is 2. The van der Waals surface area contributed by atoms with Gasteiger partial charge in [-0.3, -0.25) is 9.88 Å². The first-order valence-electron chi connectivity index (χ1n) is 7.81. The molecular weight excluding hydrogens is 288 g/mol. The van der Waals surface area contributed by atoms with Crippen LogP contribution >= 0.6 is 0 Å². The van der Waals surface area contributed by atoms with Gasteiger partial charge in [0.2, 0.25) is 0 Å². The monoisotopic (exact) mass is 314 g/mol. The summed E-state index contributed by atoms with van der Waals surface area (Å²) in [7, 11) is 5.52. The molecule has 0 spiro atoms. The van der Waals surface area contributed by atoms with E-state index in [-0.39, 0.29) is 6.04 Å². The fourth-order valence-electron chi connectivity index (χ4n) is 2.85. The highest BCUT2D eigenvalue weighted by atomic mass is 16.5. The second-order valence-electron chi connectivity index (χ2n) is 5.88. The molecule has 0 saturated carbocycles. The van der Waals surface area contributed by atoms with Crippen LogP contribution in [0.15, 0.2) is 30.5 Å². The zero-order valence-corrected chi connectivity index (χ0v) is 14.9. The SMILES string of the molecule is COc1ccccc1[C@H](C)N(C)Cc1ncc(C)c(OC)c1C. The molecule has 0 saturated heterocycles. The highest BCUT2D eigenvalue weighted by Crippen LogP contribution is 2.30. The van der Waals surface area contributed by atoms with Crippen LogP contribution in [0.3, 0.4) is 0 Å². The highest BCUT2D eigenvalue weighted by Gasteiger charge is 2.18. The molecule has 0 amide bonds. The van der Waals surface area contributed by atoms with Crippen LogP contribution in [0.25, 0.3) is 0 Å². The molecule has 23 heavy (non-hydrogen) atoms. The third kappa shape index (κ3) is 3.64. The second-order valence-corrected chi connectivity index (χ2v) is 5.88. The first kappa shape index (κ1) is 17.3. The Labute approximate surface area is 139 Å². The molecule has 0 unspecified atom stereocenters. The molecule has 1 atom stereocenters. The summed E-state index contributed by atoms with van der Waals surface area (Å²) in [6.45, 7) is 7.01. The van der Waals surface area contributed by atoms with E-state index < -0.39 is 0 Å². The fraction of sp³-hybridized carbons (Fsp3) is 0.421. The highest BCUT2D eigenvalue weighted by molar-refractivity contribution is 5.41. The molecule has 0 radical (unpaired) electrons. The van der Waals surface area contributed by atoms with Crippen LogP contribution < -0.4 is 9.47 Å². The molecule has 124 valence electrons. The zero-order valence-electron chi connectivity index (χ0n) is 14.9. The van der Waals surface area contributed by atoms with Gasteiger partial charge in [0, 0.05) is 35.5 Å². The van der Waals surface area contributed by atoms with Crippen molar-refractivity contribution in [3.63, 3.8) is 0 Å². The smallest absolute Gasteiger partial charge is 0.128 e. The van der Waals surface area contributed by atoms with Crippen molar-refractivity contribution < 1.29 is 9.47 Å². The fourth-order valence-corrected chi connectivity index (χ4v) is 2.85. The number of rotatable bonds is 6. The van der Waals surface area contributed by atoms with E-state index in [9.17, 15) is 0 Å². The number of methoxy groups -OCH3 is 2. The van der Waals surface area contributed by atoms with E-state index in [1.807, 2.05) is 31.3 Å². The summed E-state index contributed by atoms with van der Waals surface area (Å²) in [5, 5.41) is 0. The van der Waals surface area contributed by atoms with Crippen molar-refractivity contribution >= 4 is 0 Å². The van der Waals surface area contributed by atoms with E-state index in [0.29, 0.717) is 0 Å². The topological polar surface area (TPSA) is 34.6 Å². The first-order chi connectivity index (χ1) is 11.0. The predicted molar refractivity (Wildman–Crippen MR) is 93.1 cm³/mol. The number of nitrogens with zero attached hydrogens (tertiary/aromatic N) is 2. The Balaban J connectivity index is 2.23. The number of para-hydroxylation sites is 1. The Morgan fingerprint density at radius 1 is 1.13 bits per heavy atom. The molecule has 1 aromatic heterocycles. The molecule has 1 aromatic carbocycles. The quantitative estimate of drug-likeness (QED) is 0.810. The number of benzene rings is 1. The van der Waals surface area contributed by atoms with Crippen molar-refractivity contribution in [2.75, 3.05) is 21.3 Å². The van der Waals surface area contributed by atoms with Gasteiger partial charge in [0.15, 0.2) is 0 Å². The maximum Gasteiger partial charge on any atom is 0.128 e. The molecule has 2 rings (SSSR count). The number of aryl methyl sites for hydroxylation is 1. The van der Waals surface area contributed by atoms with Crippen molar-refractivity contribution in [1.82, 2.24) is 9.88 Å². The van der Waals surface area contributed by atoms with Crippen molar-refractivity contribution in [1.29, 1.82) is 0 Å².